The molecule has 4 rings (SSSR count). The molecule has 29 heavy (non-hydrogen) atoms. The molecule has 1 aliphatic rings. The highest BCUT2D eigenvalue weighted by Crippen LogP contribution is 2.24. The first kappa shape index (κ1) is 19.2. The molecular weight excluding hydrogens is 367 g/mol. The third kappa shape index (κ3) is 4.31. The molecule has 1 aromatic heterocycles. The number of amides is 1. The van der Waals surface area contributed by atoms with E-state index in [0.29, 0.717) is 44.7 Å². The predicted molar refractivity (Wildman–Crippen MR) is 112 cm³/mol. The molecule has 0 aliphatic carbocycles. The van der Waals surface area contributed by atoms with E-state index in [0.717, 1.165) is 16.8 Å². The van der Waals surface area contributed by atoms with Gasteiger partial charge in [0, 0.05) is 51.4 Å². The number of hydrogen-bond donors (Lipinski definition) is 0. The zero-order valence-corrected chi connectivity index (χ0v) is 16.6. The molecule has 6 heteroatoms. The lowest BCUT2D eigenvalue weighted by molar-refractivity contribution is -0.131. The van der Waals surface area contributed by atoms with Gasteiger partial charge in [0.1, 0.15) is 5.82 Å². The normalized spacial score (nSPS) is 14.3. The smallest absolute Gasteiger partial charge is 0.223 e. The van der Waals surface area contributed by atoms with Gasteiger partial charge in [-0.1, -0.05) is 42.5 Å². The van der Waals surface area contributed by atoms with Gasteiger partial charge in [0.25, 0.3) is 0 Å². The van der Waals surface area contributed by atoms with Gasteiger partial charge in [0.2, 0.25) is 5.91 Å². The molecule has 0 saturated carbocycles. The van der Waals surface area contributed by atoms with Crippen molar-refractivity contribution in [2.75, 3.05) is 31.1 Å². The Labute approximate surface area is 170 Å². The first-order valence-electron chi connectivity index (χ1n) is 9.97. The molecule has 1 fully saturated rings. The molecule has 5 nitrogen and oxygen atoms in total. The topological polar surface area (TPSA) is 41.4 Å². The van der Waals surface area contributed by atoms with Crippen LogP contribution in [-0.4, -0.2) is 46.8 Å². The van der Waals surface area contributed by atoms with Crippen molar-refractivity contribution in [3.63, 3.8) is 0 Å². The van der Waals surface area contributed by atoms with Crippen molar-refractivity contribution >= 4 is 11.6 Å². The molecule has 0 radical (unpaired) electrons. The fraction of sp³-hybridized carbons (Fsp3) is 0.304. The maximum atomic E-state index is 14.0. The van der Waals surface area contributed by atoms with Crippen LogP contribution >= 0.6 is 0 Å². The molecule has 0 spiro atoms. The van der Waals surface area contributed by atoms with Crippen molar-refractivity contribution < 1.29 is 9.18 Å². The summed E-state index contributed by atoms with van der Waals surface area (Å²) < 4.78 is 15.8. The quantitative estimate of drug-likeness (QED) is 0.667. The van der Waals surface area contributed by atoms with Crippen LogP contribution in [-0.2, 0) is 18.3 Å². The number of halogens is 1. The average molecular weight is 392 g/mol. The summed E-state index contributed by atoms with van der Waals surface area (Å²) in [5.41, 5.74) is 3.69. The highest BCUT2D eigenvalue weighted by atomic mass is 19.1. The Kier molecular flexibility index (Phi) is 5.60. The van der Waals surface area contributed by atoms with Crippen LogP contribution in [0.2, 0.25) is 0 Å². The number of aromatic nitrogens is 2. The molecule has 2 heterocycles. The maximum absolute atomic E-state index is 14.0. The number of carbonyl (C=O) groups is 1. The summed E-state index contributed by atoms with van der Waals surface area (Å²) in [5.74, 6) is -0.0710. The van der Waals surface area contributed by atoms with Crippen LogP contribution in [0.5, 0.6) is 0 Å². The lowest BCUT2D eigenvalue weighted by Gasteiger charge is -2.36. The van der Waals surface area contributed by atoms with Crippen LogP contribution in [0.3, 0.4) is 0 Å². The Morgan fingerprint density at radius 3 is 2.41 bits per heavy atom. The maximum Gasteiger partial charge on any atom is 0.223 e. The fourth-order valence-electron chi connectivity index (χ4n) is 3.86. The van der Waals surface area contributed by atoms with Crippen LogP contribution in [0.1, 0.15) is 12.0 Å². The monoisotopic (exact) mass is 392 g/mol. The standard InChI is InChI=1S/C23H25FN4O/c1-26-17-19(23(25-26)18-7-3-2-4-8-18)11-12-22(29)28-15-13-27(14-16-28)21-10-6-5-9-20(21)24/h2-10,17H,11-16H2,1H3. The van der Waals surface area contributed by atoms with Crippen molar-refractivity contribution in [1.29, 1.82) is 0 Å². The molecule has 1 saturated heterocycles. The minimum absolute atomic E-state index is 0.140. The van der Waals surface area contributed by atoms with E-state index < -0.39 is 0 Å². The summed E-state index contributed by atoms with van der Waals surface area (Å²) in [6.45, 7) is 2.53. The second-order valence-corrected chi connectivity index (χ2v) is 7.36. The zero-order valence-electron chi connectivity index (χ0n) is 16.6. The van der Waals surface area contributed by atoms with Gasteiger partial charge in [0.15, 0.2) is 0 Å². The highest BCUT2D eigenvalue weighted by molar-refractivity contribution is 5.77. The SMILES string of the molecule is Cn1cc(CCC(=O)N2CCN(c3ccccc3F)CC2)c(-c2ccccc2)n1. The Balaban J connectivity index is 1.35. The van der Waals surface area contributed by atoms with Crippen molar-refractivity contribution in [3.8, 4) is 11.3 Å². The van der Waals surface area contributed by atoms with E-state index in [4.69, 9.17) is 0 Å². The molecule has 0 N–H and O–H groups in total. The Morgan fingerprint density at radius 2 is 1.69 bits per heavy atom. The summed E-state index contributed by atoms with van der Waals surface area (Å²) in [4.78, 5) is 16.6. The molecule has 3 aromatic rings. The number of aryl methyl sites for hydroxylation is 2. The minimum Gasteiger partial charge on any atom is -0.366 e. The molecule has 0 bridgehead atoms. The number of anilines is 1. The van der Waals surface area contributed by atoms with E-state index in [1.165, 1.54) is 6.07 Å². The van der Waals surface area contributed by atoms with E-state index in [1.807, 2.05) is 59.4 Å². The van der Waals surface area contributed by atoms with Gasteiger partial charge in [-0.25, -0.2) is 4.39 Å². The van der Waals surface area contributed by atoms with Gasteiger partial charge < -0.3 is 9.80 Å². The molecule has 0 atom stereocenters. The lowest BCUT2D eigenvalue weighted by atomic mass is 10.0. The van der Waals surface area contributed by atoms with Crippen LogP contribution in [0.25, 0.3) is 11.3 Å². The predicted octanol–water partition coefficient (Wildman–Crippen LogP) is 3.51. The number of para-hydroxylation sites is 1. The van der Waals surface area contributed by atoms with E-state index in [9.17, 15) is 9.18 Å². The zero-order chi connectivity index (χ0) is 20.2. The first-order chi connectivity index (χ1) is 14.1. The third-order valence-corrected chi connectivity index (χ3v) is 5.39. The fourth-order valence-corrected chi connectivity index (χ4v) is 3.86. The Morgan fingerprint density at radius 1 is 1.00 bits per heavy atom. The third-order valence-electron chi connectivity index (χ3n) is 5.39. The van der Waals surface area contributed by atoms with Crippen LogP contribution in [0, 0.1) is 5.82 Å². The van der Waals surface area contributed by atoms with Gasteiger partial charge in [-0.15, -0.1) is 0 Å². The van der Waals surface area contributed by atoms with Crippen LogP contribution in [0.4, 0.5) is 10.1 Å². The molecule has 2 aromatic carbocycles. The van der Waals surface area contributed by atoms with Gasteiger partial charge in [-0.3, -0.25) is 9.48 Å². The lowest BCUT2D eigenvalue weighted by Crippen LogP contribution is -2.49. The van der Waals surface area contributed by atoms with Crippen molar-refractivity contribution in [3.05, 3.63) is 72.2 Å². The number of rotatable bonds is 5. The summed E-state index contributed by atoms with van der Waals surface area (Å²) in [5, 5.41) is 4.57. The summed E-state index contributed by atoms with van der Waals surface area (Å²) >= 11 is 0. The van der Waals surface area contributed by atoms with Gasteiger partial charge in [-0.2, -0.15) is 5.10 Å². The molecular formula is C23H25FN4O. The number of nitrogens with zero attached hydrogens (tertiary/aromatic N) is 4. The number of hydrogen-bond acceptors (Lipinski definition) is 3. The van der Waals surface area contributed by atoms with Crippen molar-refractivity contribution in [1.82, 2.24) is 14.7 Å². The molecule has 0 unspecified atom stereocenters. The van der Waals surface area contributed by atoms with E-state index >= 15 is 0 Å². The Bertz CT molecular complexity index is 978. The van der Waals surface area contributed by atoms with Crippen LogP contribution in [0.15, 0.2) is 60.8 Å². The van der Waals surface area contributed by atoms with E-state index in [-0.39, 0.29) is 11.7 Å². The van der Waals surface area contributed by atoms with E-state index in [2.05, 4.69) is 5.10 Å². The molecule has 150 valence electrons. The second kappa shape index (κ2) is 8.47. The highest BCUT2D eigenvalue weighted by Gasteiger charge is 2.23. The largest absolute Gasteiger partial charge is 0.366 e. The van der Waals surface area contributed by atoms with E-state index in [1.54, 1.807) is 16.8 Å². The number of benzene rings is 2. The average Bonchev–Trinajstić information content (AvgIpc) is 3.14. The van der Waals surface area contributed by atoms with Gasteiger partial charge >= 0.3 is 0 Å². The Hall–Kier alpha value is -3.15. The van der Waals surface area contributed by atoms with Gasteiger partial charge in [-0.05, 0) is 24.1 Å². The van der Waals surface area contributed by atoms with Crippen molar-refractivity contribution in [2.45, 2.75) is 12.8 Å². The summed E-state index contributed by atoms with van der Waals surface area (Å²) in [6, 6.07) is 16.9. The number of carbonyl (C=O) groups excluding carboxylic acids is 1. The molecule has 1 amide bonds. The molecule has 1 aliphatic heterocycles. The van der Waals surface area contributed by atoms with Crippen molar-refractivity contribution in [2.24, 2.45) is 7.05 Å². The second-order valence-electron chi connectivity index (χ2n) is 7.36. The van der Waals surface area contributed by atoms with Gasteiger partial charge in [0.05, 0.1) is 11.4 Å². The van der Waals surface area contributed by atoms with Crippen LogP contribution < -0.4 is 4.90 Å². The summed E-state index contributed by atoms with van der Waals surface area (Å²) in [6.07, 6.45) is 3.10. The first-order valence-corrected chi connectivity index (χ1v) is 9.97. The summed E-state index contributed by atoms with van der Waals surface area (Å²) in [7, 11) is 1.90. The minimum atomic E-state index is -0.211. The number of piperazine rings is 1.